The van der Waals surface area contributed by atoms with E-state index in [-0.39, 0.29) is 0 Å². The molecule has 0 spiro atoms. The van der Waals surface area contributed by atoms with Gasteiger partial charge < -0.3 is 20.8 Å². The van der Waals surface area contributed by atoms with Gasteiger partial charge in [-0.25, -0.2) is 8.78 Å². The Morgan fingerprint density at radius 2 is 0.723 bits per heavy atom. The summed E-state index contributed by atoms with van der Waals surface area (Å²) in [6, 6.07) is -0.796. The van der Waals surface area contributed by atoms with Crippen LogP contribution in [0.4, 0.5) is 8.78 Å². The van der Waals surface area contributed by atoms with E-state index < -0.39 is 35.6 Å². The average Bonchev–Trinajstić information content (AvgIpc) is 3.50. The highest BCUT2D eigenvalue weighted by atomic mass is 19.1. The molecule has 47 heavy (non-hydrogen) atoms. The maximum atomic E-state index is 14.5. The predicted molar refractivity (Wildman–Crippen MR) is 190 cm³/mol. The van der Waals surface area contributed by atoms with Crippen LogP contribution in [0.3, 0.4) is 0 Å². The van der Waals surface area contributed by atoms with Crippen LogP contribution in [-0.4, -0.2) is 47.3 Å². The third-order valence-electron chi connectivity index (χ3n) is 9.45. The lowest BCUT2D eigenvalue weighted by atomic mass is 10.0. The van der Waals surface area contributed by atoms with Gasteiger partial charge in [-0.15, -0.1) is 0 Å². The van der Waals surface area contributed by atoms with Gasteiger partial charge >= 0.3 is 0 Å². The van der Waals surface area contributed by atoms with Crippen LogP contribution in [0.25, 0.3) is 0 Å². The summed E-state index contributed by atoms with van der Waals surface area (Å²) in [5.74, 6) is -3.06. The Morgan fingerprint density at radius 3 is 1.00 bits per heavy atom. The van der Waals surface area contributed by atoms with Gasteiger partial charge in [0.2, 0.25) is 0 Å². The molecule has 1 aliphatic carbocycles. The molecule has 0 aromatic carbocycles. The molecule has 0 radical (unpaired) electrons. The normalized spacial score (nSPS) is 16.9. The molecule has 0 aliphatic heterocycles. The number of allylic oxidation sites excluding steroid dienone is 2. The van der Waals surface area contributed by atoms with Crippen molar-refractivity contribution >= 4 is 11.8 Å². The second-order valence-electron chi connectivity index (χ2n) is 13.7. The Morgan fingerprint density at radius 1 is 0.468 bits per heavy atom. The molecule has 274 valence electrons. The highest BCUT2D eigenvalue weighted by molar-refractivity contribution is 5.92. The first-order chi connectivity index (χ1) is 23.0. The van der Waals surface area contributed by atoms with Crippen molar-refractivity contribution in [2.45, 2.75) is 198 Å². The summed E-state index contributed by atoms with van der Waals surface area (Å²) in [6.45, 7) is 0.603. The number of unbranched alkanes of at least 4 members (excludes halogenated alkanes) is 24. The fourth-order valence-electron chi connectivity index (χ4n) is 6.47. The Kier molecular flexibility index (Phi) is 28.9. The van der Waals surface area contributed by atoms with Crippen molar-refractivity contribution in [3.63, 3.8) is 0 Å². The Bertz CT molecular complexity index is 770. The molecule has 0 aromatic rings. The van der Waals surface area contributed by atoms with Gasteiger partial charge in [0, 0.05) is 25.3 Å². The van der Waals surface area contributed by atoms with Crippen LogP contribution in [-0.2, 0) is 9.59 Å². The molecule has 2 amide bonds. The molecule has 1 aliphatic rings. The molecule has 2 unspecified atom stereocenters. The van der Waals surface area contributed by atoms with E-state index in [1.165, 1.54) is 102 Å². The number of nitrogens with one attached hydrogen (secondary N) is 2. The third-order valence-corrected chi connectivity index (χ3v) is 9.45. The number of rotatable bonds is 32. The maximum Gasteiger partial charge on any atom is 0.279 e. The average molecular weight is 669 g/mol. The highest BCUT2D eigenvalue weighted by Crippen LogP contribution is 2.21. The number of amides is 2. The van der Waals surface area contributed by atoms with Crippen molar-refractivity contribution in [1.29, 1.82) is 0 Å². The number of aliphatic hydroxyl groups is 2. The number of aliphatic hydroxyl groups excluding tert-OH is 2. The first kappa shape index (κ1) is 43.2. The van der Waals surface area contributed by atoms with Crippen molar-refractivity contribution in [3.05, 3.63) is 23.8 Å². The lowest BCUT2D eigenvalue weighted by Crippen LogP contribution is -2.48. The minimum Gasteiger partial charge on any atom is -0.396 e. The lowest BCUT2D eigenvalue weighted by molar-refractivity contribution is -0.122. The molecule has 8 heteroatoms. The zero-order valence-electron chi connectivity index (χ0n) is 29.7. The number of carbonyl (C=O) groups is 2. The zero-order chi connectivity index (χ0) is 34.2. The zero-order valence-corrected chi connectivity index (χ0v) is 29.7. The van der Waals surface area contributed by atoms with Gasteiger partial charge in [0.25, 0.3) is 11.8 Å². The Hall–Kier alpha value is -1.80. The molecular weight excluding hydrogens is 598 g/mol. The lowest BCUT2D eigenvalue weighted by Gasteiger charge is -2.21. The minimum atomic E-state index is -0.780. The summed E-state index contributed by atoms with van der Waals surface area (Å²) >= 11 is 0. The largest absolute Gasteiger partial charge is 0.396 e. The summed E-state index contributed by atoms with van der Waals surface area (Å²) in [5, 5.41) is 23.0. The summed E-state index contributed by atoms with van der Waals surface area (Å²) in [4.78, 5) is 24.8. The van der Waals surface area contributed by atoms with E-state index in [0.717, 1.165) is 70.6 Å². The van der Waals surface area contributed by atoms with Crippen molar-refractivity contribution in [1.82, 2.24) is 10.6 Å². The highest BCUT2D eigenvalue weighted by Gasteiger charge is 2.31. The van der Waals surface area contributed by atoms with Gasteiger partial charge in [0.1, 0.15) is 0 Å². The number of halogens is 2. The van der Waals surface area contributed by atoms with Crippen LogP contribution >= 0.6 is 0 Å². The standard InChI is InChI=1S/C39H70F2N2O4/c40-34(28-23-19-15-11-7-3-1-5-9-13-17-21-25-32-44)38(46)42-36-30-27-31-37(36)43-39(47)35(41)29-24-20-16-12-8-4-2-6-10-14-18-22-26-33-45/h28-29,36-37,44-45H,1-27,30-33H2,(H,42,46)(H,43,47). The second-order valence-corrected chi connectivity index (χ2v) is 13.7. The smallest absolute Gasteiger partial charge is 0.279 e. The minimum absolute atomic E-state index is 0.301. The molecule has 0 heterocycles. The van der Waals surface area contributed by atoms with Gasteiger partial charge in [-0.05, 0) is 69.9 Å². The van der Waals surface area contributed by atoms with Crippen LogP contribution in [0.15, 0.2) is 23.8 Å². The molecule has 1 rings (SSSR count). The number of hydrogen-bond acceptors (Lipinski definition) is 4. The van der Waals surface area contributed by atoms with Crippen LogP contribution in [0.1, 0.15) is 186 Å². The predicted octanol–water partition coefficient (Wildman–Crippen LogP) is 9.97. The molecule has 0 aromatic heterocycles. The molecule has 1 saturated carbocycles. The molecular formula is C39H70F2N2O4. The van der Waals surface area contributed by atoms with E-state index in [0.29, 0.717) is 38.9 Å². The van der Waals surface area contributed by atoms with Gasteiger partial charge in [-0.2, -0.15) is 0 Å². The summed E-state index contributed by atoms with van der Waals surface area (Å²) in [5.41, 5.74) is 0. The van der Waals surface area contributed by atoms with Gasteiger partial charge in [-0.1, -0.05) is 128 Å². The van der Waals surface area contributed by atoms with Crippen molar-refractivity contribution < 1.29 is 28.6 Å². The van der Waals surface area contributed by atoms with Gasteiger partial charge in [-0.3, -0.25) is 9.59 Å². The Balaban J connectivity index is 2.11. The molecule has 6 nitrogen and oxygen atoms in total. The monoisotopic (exact) mass is 669 g/mol. The van der Waals surface area contributed by atoms with Gasteiger partial charge in [0.05, 0.1) is 0 Å². The summed E-state index contributed by atoms with van der Waals surface area (Å²) in [6.07, 6.45) is 33.3. The molecule has 1 fully saturated rings. The van der Waals surface area contributed by atoms with Crippen molar-refractivity contribution in [2.75, 3.05) is 13.2 Å². The van der Waals surface area contributed by atoms with Crippen LogP contribution in [0.2, 0.25) is 0 Å². The van der Waals surface area contributed by atoms with E-state index >= 15 is 0 Å². The first-order valence-electron chi connectivity index (χ1n) is 19.5. The van der Waals surface area contributed by atoms with E-state index in [2.05, 4.69) is 10.6 Å². The van der Waals surface area contributed by atoms with Crippen molar-refractivity contribution in [2.24, 2.45) is 0 Å². The first-order valence-corrected chi connectivity index (χ1v) is 19.5. The van der Waals surface area contributed by atoms with E-state index in [1.807, 2.05) is 0 Å². The van der Waals surface area contributed by atoms with E-state index in [9.17, 15) is 18.4 Å². The maximum absolute atomic E-state index is 14.5. The molecule has 0 bridgehead atoms. The molecule has 0 saturated heterocycles. The fraction of sp³-hybridized carbons (Fsp3) is 0.846. The fourth-order valence-corrected chi connectivity index (χ4v) is 6.47. The van der Waals surface area contributed by atoms with Crippen molar-refractivity contribution in [3.8, 4) is 0 Å². The topological polar surface area (TPSA) is 98.7 Å². The van der Waals surface area contributed by atoms with Crippen LogP contribution in [0.5, 0.6) is 0 Å². The quantitative estimate of drug-likeness (QED) is 0.0424. The van der Waals surface area contributed by atoms with E-state index in [4.69, 9.17) is 10.2 Å². The SMILES string of the molecule is O=C(NC1CCCC1NC(=O)C(F)=CCCCCCCCCCCCCCCO)C(F)=CCCCCCCCCCCCCCCO. The van der Waals surface area contributed by atoms with E-state index in [1.54, 1.807) is 0 Å². The summed E-state index contributed by atoms with van der Waals surface area (Å²) < 4.78 is 28.9. The molecule has 4 N–H and O–H groups in total. The number of carbonyl (C=O) groups excluding carboxylic acids is 2. The van der Waals surface area contributed by atoms with Gasteiger partial charge in [0.15, 0.2) is 11.7 Å². The van der Waals surface area contributed by atoms with Crippen LogP contribution in [0, 0.1) is 0 Å². The third kappa shape index (κ3) is 24.9. The summed E-state index contributed by atoms with van der Waals surface area (Å²) in [7, 11) is 0. The molecule has 2 atom stereocenters. The Labute approximate surface area is 286 Å². The number of hydrogen-bond donors (Lipinski definition) is 4. The second kappa shape index (κ2) is 31.5. The van der Waals surface area contributed by atoms with Crippen LogP contribution < -0.4 is 10.6 Å².